The third-order valence-electron chi connectivity index (χ3n) is 4.56. The Balaban J connectivity index is 2.12. The lowest BCUT2D eigenvalue weighted by Crippen LogP contribution is -2.27. The van der Waals surface area contributed by atoms with Gasteiger partial charge in [-0.15, -0.1) is 0 Å². The fourth-order valence-electron chi connectivity index (χ4n) is 3.45. The molecule has 0 saturated heterocycles. The zero-order valence-corrected chi connectivity index (χ0v) is 14.3. The largest absolute Gasteiger partial charge is 0.316 e. The van der Waals surface area contributed by atoms with Crippen LogP contribution in [0.15, 0.2) is 28.7 Å². The lowest BCUT2D eigenvalue weighted by Gasteiger charge is -2.28. The first-order chi connectivity index (χ1) is 9.83. The Kier molecular flexibility index (Phi) is 7.09. The van der Waals surface area contributed by atoms with E-state index in [-0.39, 0.29) is 0 Å². The molecule has 1 saturated carbocycles. The van der Waals surface area contributed by atoms with Gasteiger partial charge in [0.2, 0.25) is 0 Å². The van der Waals surface area contributed by atoms with Crippen LogP contribution in [0.2, 0.25) is 0 Å². The molecule has 0 amide bonds. The van der Waals surface area contributed by atoms with Gasteiger partial charge in [0, 0.05) is 16.9 Å². The number of hydrogen-bond acceptors (Lipinski definition) is 1. The van der Waals surface area contributed by atoms with Gasteiger partial charge < -0.3 is 5.32 Å². The SMILES string of the molecule is CCCNCC(c1ccccc1Br)C1CCCCCC1. The summed E-state index contributed by atoms with van der Waals surface area (Å²) in [5.41, 5.74) is 1.50. The van der Waals surface area contributed by atoms with E-state index >= 15 is 0 Å². The highest BCUT2D eigenvalue weighted by Crippen LogP contribution is 2.37. The summed E-state index contributed by atoms with van der Waals surface area (Å²) in [6.07, 6.45) is 9.72. The van der Waals surface area contributed by atoms with Crippen molar-refractivity contribution >= 4 is 15.9 Å². The van der Waals surface area contributed by atoms with Crippen LogP contribution in [-0.2, 0) is 0 Å². The second-order valence-corrected chi connectivity index (χ2v) is 6.94. The van der Waals surface area contributed by atoms with Crippen molar-refractivity contribution < 1.29 is 0 Å². The maximum atomic E-state index is 3.76. The minimum absolute atomic E-state index is 0.662. The monoisotopic (exact) mass is 337 g/mol. The Labute approximate surface area is 132 Å². The van der Waals surface area contributed by atoms with Gasteiger partial charge in [-0.05, 0) is 43.4 Å². The van der Waals surface area contributed by atoms with Gasteiger partial charge in [0.05, 0.1) is 0 Å². The smallest absolute Gasteiger partial charge is 0.0210 e. The minimum Gasteiger partial charge on any atom is -0.316 e. The predicted molar refractivity (Wildman–Crippen MR) is 91.2 cm³/mol. The van der Waals surface area contributed by atoms with Crippen molar-refractivity contribution in [2.45, 2.75) is 57.8 Å². The van der Waals surface area contributed by atoms with Crippen molar-refractivity contribution in [3.8, 4) is 0 Å². The summed E-state index contributed by atoms with van der Waals surface area (Å²) < 4.78 is 1.28. The molecule has 0 bridgehead atoms. The van der Waals surface area contributed by atoms with Crippen LogP contribution in [0.1, 0.15) is 63.4 Å². The first-order valence-electron chi connectivity index (χ1n) is 8.28. The Hall–Kier alpha value is -0.340. The van der Waals surface area contributed by atoms with Gasteiger partial charge >= 0.3 is 0 Å². The average molecular weight is 338 g/mol. The first kappa shape index (κ1) is 16.0. The molecule has 1 aliphatic rings. The Morgan fingerprint density at radius 3 is 2.50 bits per heavy atom. The number of rotatable bonds is 6. The zero-order valence-electron chi connectivity index (χ0n) is 12.7. The molecule has 1 nitrogen and oxygen atoms in total. The maximum Gasteiger partial charge on any atom is 0.0210 e. The fraction of sp³-hybridized carbons (Fsp3) is 0.667. The summed E-state index contributed by atoms with van der Waals surface area (Å²) >= 11 is 3.76. The van der Waals surface area contributed by atoms with Crippen LogP contribution in [-0.4, -0.2) is 13.1 Å². The highest BCUT2D eigenvalue weighted by atomic mass is 79.9. The molecule has 20 heavy (non-hydrogen) atoms. The van der Waals surface area contributed by atoms with Gasteiger partial charge in [-0.3, -0.25) is 0 Å². The molecule has 1 fully saturated rings. The number of hydrogen-bond donors (Lipinski definition) is 1. The van der Waals surface area contributed by atoms with Crippen LogP contribution in [0.4, 0.5) is 0 Å². The van der Waals surface area contributed by atoms with Crippen molar-refractivity contribution in [2.24, 2.45) is 5.92 Å². The van der Waals surface area contributed by atoms with Gasteiger partial charge in [0.15, 0.2) is 0 Å². The van der Waals surface area contributed by atoms with Gasteiger partial charge in [-0.1, -0.05) is 66.7 Å². The molecule has 2 rings (SSSR count). The number of halogens is 1. The number of benzene rings is 1. The van der Waals surface area contributed by atoms with E-state index in [1.807, 2.05) is 0 Å². The van der Waals surface area contributed by atoms with Crippen molar-refractivity contribution in [1.29, 1.82) is 0 Å². The van der Waals surface area contributed by atoms with Crippen LogP contribution < -0.4 is 5.32 Å². The normalized spacial score (nSPS) is 18.7. The van der Waals surface area contributed by atoms with E-state index in [9.17, 15) is 0 Å². The van der Waals surface area contributed by atoms with E-state index in [4.69, 9.17) is 0 Å². The van der Waals surface area contributed by atoms with Crippen molar-refractivity contribution in [2.75, 3.05) is 13.1 Å². The van der Waals surface area contributed by atoms with E-state index in [2.05, 4.69) is 52.4 Å². The predicted octanol–water partition coefficient (Wildman–Crippen LogP) is 5.50. The van der Waals surface area contributed by atoms with Crippen LogP contribution >= 0.6 is 15.9 Å². The maximum absolute atomic E-state index is 3.76. The summed E-state index contributed by atoms with van der Waals surface area (Å²) in [6.45, 7) is 4.50. The molecule has 1 aromatic rings. The lowest BCUT2D eigenvalue weighted by atomic mass is 9.81. The molecule has 1 aliphatic carbocycles. The summed E-state index contributed by atoms with van der Waals surface area (Å²) in [5, 5.41) is 3.66. The van der Waals surface area contributed by atoms with Crippen molar-refractivity contribution in [1.82, 2.24) is 5.32 Å². The standard InChI is InChI=1S/C18H28BrN/c1-2-13-20-14-17(15-9-5-3-4-6-10-15)16-11-7-8-12-18(16)19/h7-8,11-12,15,17,20H,2-6,9-10,13-14H2,1H3. The van der Waals surface area contributed by atoms with Gasteiger partial charge in [0.25, 0.3) is 0 Å². The summed E-state index contributed by atoms with van der Waals surface area (Å²) in [6, 6.07) is 8.81. The highest BCUT2D eigenvalue weighted by Gasteiger charge is 2.25. The third kappa shape index (κ3) is 4.60. The van der Waals surface area contributed by atoms with E-state index in [1.165, 1.54) is 55.0 Å². The Morgan fingerprint density at radius 2 is 1.85 bits per heavy atom. The van der Waals surface area contributed by atoms with Gasteiger partial charge in [0.1, 0.15) is 0 Å². The fourth-order valence-corrected chi connectivity index (χ4v) is 4.03. The van der Waals surface area contributed by atoms with E-state index in [0.717, 1.165) is 19.0 Å². The second kappa shape index (κ2) is 8.84. The van der Waals surface area contributed by atoms with Crippen LogP contribution in [0.5, 0.6) is 0 Å². The molecular formula is C18H28BrN. The lowest BCUT2D eigenvalue weighted by molar-refractivity contribution is 0.360. The molecule has 112 valence electrons. The summed E-state index contributed by atoms with van der Waals surface area (Å²) in [7, 11) is 0. The molecule has 0 aliphatic heterocycles. The van der Waals surface area contributed by atoms with E-state index < -0.39 is 0 Å². The van der Waals surface area contributed by atoms with Gasteiger partial charge in [-0.25, -0.2) is 0 Å². The molecule has 0 heterocycles. The van der Waals surface area contributed by atoms with Gasteiger partial charge in [-0.2, -0.15) is 0 Å². The van der Waals surface area contributed by atoms with Crippen LogP contribution in [0.3, 0.4) is 0 Å². The molecule has 1 unspecified atom stereocenters. The number of nitrogens with one attached hydrogen (secondary N) is 1. The molecule has 0 radical (unpaired) electrons. The quantitative estimate of drug-likeness (QED) is 0.533. The Morgan fingerprint density at radius 1 is 1.15 bits per heavy atom. The Bertz CT molecular complexity index is 383. The van der Waals surface area contributed by atoms with E-state index in [0.29, 0.717) is 5.92 Å². The third-order valence-corrected chi connectivity index (χ3v) is 5.29. The van der Waals surface area contributed by atoms with E-state index in [1.54, 1.807) is 0 Å². The molecule has 1 N–H and O–H groups in total. The summed E-state index contributed by atoms with van der Waals surface area (Å²) in [4.78, 5) is 0. The molecular weight excluding hydrogens is 310 g/mol. The highest BCUT2D eigenvalue weighted by molar-refractivity contribution is 9.10. The molecule has 0 spiro atoms. The molecule has 2 heteroatoms. The van der Waals surface area contributed by atoms with Crippen molar-refractivity contribution in [3.05, 3.63) is 34.3 Å². The minimum atomic E-state index is 0.662. The second-order valence-electron chi connectivity index (χ2n) is 6.08. The van der Waals surface area contributed by atoms with Crippen LogP contribution in [0.25, 0.3) is 0 Å². The average Bonchev–Trinajstić information content (AvgIpc) is 2.74. The zero-order chi connectivity index (χ0) is 14.2. The van der Waals surface area contributed by atoms with Crippen LogP contribution in [0, 0.1) is 5.92 Å². The molecule has 1 atom stereocenters. The molecule has 0 aromatic heterocycles. The summed E-state index contributed by atoms with van der Waals surface area (Å²) in [5.74, 6) is 1.51. The molecule has 1 aromatic carbocycles. The first-order valence-corrected chi connectivity index (χ1v) is 9.07. The van der Waals surface area contributed by atoms with Crippen molar-refractivity contribution in [3.63, 3.8) is 0 Å². The topological polar surface area (TPSA) is 12.0 Å².